The average molecular weight is 612 g/mol. The maximum atomic E-state index is 13.8. The Bertz CT molecular complexity index is 1220. The van der Waals surface area contributed by atoms with Gasteiger partial charge in [-0.3, -0.25) is 9.59 Å². The maximum Gasteiger partial charge on any atom is 0.243 e. The second-order valence-electron chi connectivity index (χ2n) is 8.97. The Kier molecular flexibility index (Phi) is 12.1. The van der Waals surface area contributed by atoms with Crippen LogP contribution in [0, 0.1) is 0 Å². The van der Waals surface area contributed by atoms with Crippen LogP contribution in [0.1, 0.15) is 37.0 Å². The van der Waals surface area contributed by atoms with E-state index in [-0.39, 0.29) is 30.2 Å². The molecule has 3 aromatic rings. The fourth-order valence-electron chi connectivity index (χ4n) is 3.82. The van der Waals surface area contributed by atoms with E-state index in [1.54, 1.807) is 41.3 Å². The Morgan fingerprint density at radius 2 is 1.61 bits per heavy atom. The third kappa shape index (κ3) is 8.82. The molecule has 0 aliphatic rings. The van der Waals surface area contributed by atoms with Crippen LogP contribution in [0.5, 0.6) is 0 Å². The molecule has 0 heterocycles. The van der Waals surface area contributed by atoms with E-state index in [1.807, 2.05) is 44.2 Å². The lowest BCUT2D eigenvalue weighted by Crippen LogP contribution is -2.52. The highest BCUT2D eigenvalue weighted by molar-refractivity contribution is 7.99. The number of thioether (sulfide) groups is 1. The Labute approximate surface area is 249 Å². The van der Waals surface area contributed by atoms with Gasteiger partial charge in [0, 0.05) is 44.9 Å². The third-order valence-electron chi connectivity index (χ3n) is 6.16. The van der Waals surface area contributed by atoms with Gasteiger partial charge in [0.15, 0.2) is 0 Å². The van der Waals surface area contributed by atoms with E-state index in [2.05, 4.69) is 5.32 Å². The largest absolute Gasteiger partial charge is 0.352 e. The SMILES string of the molecule is CC[C@H](C)NC(=O)[C@H](Cc1ccccc1)N(Cc1ccc(Cl)cc1Cl)C(=O)CSCc1c(Cl)cccc1Cl. The number of amides is 2. The van der Waals surface area contributed by atoms with E-state index in [1.165, 1.54) is 11.8 Å². The molecule has 3 aromatic carbocycles. The number of carbonyl (C=O) groups excluding carboxylic acids is 2. The van der Waals surface area contributed by atoms with Gasteiger partial charge in [0.05, 0.1) is 5.75 Å². The lowest BCUT2D eigenvalue weighted by atomic mass is 10.0. The predicted octanol–water partition coefficient (Wildman–Crippen LogP) is 8.09. The summed E-state index contributed by atoms with van der Waals surface area (Å²) in [6, 6.07) is 19.4. The van der Waals surface area contributed by atoms with Crippen molar-refractivity contribution in [1.82, 2.24) is 10.2 Å². The molecular formula is C29H30Cl4N2O2S. The zero-order valence-corrected chi connectivity index (χ0v) is 25.1. The average Bonchev–Trinajstić information content (AvgIpc) is 2.89. The summed E-state index contributed by atoms with van der Waals surface area (Å²) in [5.74, 6) is 0.196. The second-order valence-corrected chi connectivity index (χ2v) is 11.6. The highest BCUT2D eigenvalue weighted by Gasteiger charge is 2.31. The standard InChI is InChI=1S/C29H30Cl4N2O2S/c1-3-19(2)34-29(37)27(14-20-8-5-4-6-9-20)35(16-21-12-13-22(30)15-26(21)33)28(36)18-38-17-23-24(31)10-7-11-25(23)32/h4-13,15,19,27H,3,14,16-18H2,1-2H3,(H,34,37)/t19-,27-/m0/s1. The van der Waals surface area contributed by atoms with Crippen LogP contribution in [0.3, 0.4) is 0 Å². The lowest BCUT2D eigenvalue weighted by molar-refractivity contribution is -0.139. The Balaban J connectivity index is 1.91. The van der Waals surface area contributed by atoms with Crippen molar-refractivity contribution in [2.24, 2.45) is 0 Å². The lowest BCUT2D eigenvalue weighted by Gasteiger charge is -2.32. The van der Waals surface area contributed by atoms with E-state index in [4.69, 9.17) is 46.4 Å². The van der Waals surface area contributed by atoms with E-state index in [9.17, 15) is 9.59 Å². The molecule has 0 aliphatic carbocycles. The molecule has 0 aliphatic heterocycles. The zero-order valence-electron chi connectivity index (χ0n) is 21.2. The first kappa shape index (κ1) is 30.6. The molecular weight excluding hydrogens is 582 g/mol. The van der Waals surface area contributed by atoms with Crippen LogP contribution in [0.25, 0.3) is 0 Å². The highest BCUT2D eigenvalue weighted by Crippen LogP contribution is 2.29. The number of carbonyl (C=O) groups is 2. The van der Waals surface area contributed by atoms with Crippen molar-refractivity contribution in [3.63, 3.8) is 0 Å². The fraction of sp³-hybridized carbons (Fsp3) is 0.310. The first-order valence-electron chi connectivity index (χ1n) is 12.3. The number of benzene rings is 3. The van der Waals surface area contributed by atoms with Crippen molar-refractivity contribution >= 4 is 70.0 Å². The van der Waals surface area contributed by atoms with Crippen molar-refractivity contribution in [3.05, 3.63) is 104 Å². The summed E-state index contributed by atoms with van der Waals surface area (Å²) in [5, 5.41) is 5.10. The fourth-order valence-corrected chi connectivity index (χ4v) is 5.94. The third-order valence-corrected chi connectivity index (χ3v) is 8.40. The quantitative estimate of drug-likeness (QED) is 0.225. The van der Waals surface area contributed by atoms with Crippen LogP contribution in [0.4, 0.5) is 0 Å². The van der Waals surface area contributed by atoms with Crippen molar-refractivity contribution in [2.45, 2.75) is 51.1 Å². The summed E-state index contributed by atoms with van der Waals surface area (Å²) >= 11 is 26.6. The molecule has 0 bridgehead atoms. The van der Waals surface area contributed by atoms with Gasteiger partial charge >= 0.3 is 0 Å². The normalized spacial score (nSPS) is 12.6. The van der Waals surface area contributed by atoms with Crippen LogP contribution in [0.2, 0.25) is 20.1 Å². The van der Waals surface area contributed by atoms with Gasteiger partial charge in [-0.15, -0.1) is 11.8 Å². The molecule has 1 N–H and O–H groups in total. The minimum Gasteiger partial charge on any atom is -0.352 e. The molecule has 0 saturated carbocycles. The topological polar surface area (TPSA) is 49.4 Å². The number of nitrogens with one attached hydrogen (secondary N) is 1. The monoisotopic (exact) mass is 610 g/mol. The molecule has 2 atom stereocenters. The smallest absolute Gasteiger partial charge is 0.243 e. The first-order chi connectivity index (χ1) is 18.2. The summed E-state index contributed by atoms with van der Waals surface area (Å²) in [6.07, 6.45) is 1.14. The summed E-state index contributed by atoms with van der Waals surface area (Å²) in [4.78, 5) is 29.0. The Morgan fingerprint density at radius 1 is 0.921 bits per heavy atom. The molecule has 38 heavy (non-hydrogen) atoms. The van der Waals surface area contributed by atoms with Gasteiger partial charge in [0.2, 0.25) is 11.8 Å². The second kappa shape index (κ2) is 15.0. The maximum absolute atomic E-state index is 13.8. The van der Waals surface area contributed by atoms with Crippen molar-refractivity contribution in [1.29, 1.82) is 0 Å². The molecule has 0 aromatic heterocycles. The first-order valence-corrected chi connectivity index (χ1v) is 14.9. The molecule has 202 valence electrons. The van der Waals surface area contributed by atoms with Gasteiger partial charge in [0.25, 0.3) is 0 Å². The van der Waals surface area contributed by atoms with Gasteiger partial charge in [-0.25, -0.2) is 0 Å². The van der Waals surface area contributed by atoms with Crippen LogP contribution in [-0.4, -0.2) is 34.6 Å². The number of hydrogen-bond donors (Lipinski definition) is 1. The van der Waals surface area contributed by atoms with Crippen LogP contribution >= 0.6 is 58.2 Å². The summed E-state index contributed by atoms with van der Waals surface area (Å²) < 4.78 is 0. The van der Waals surface area contributed by atoms with Gasteiger partial charge in [-0.2, -0.15) is 0 Å². The molecule has 3 rings (SSSR count). The summed E-state index contributed by atoms with van der Waals surface area (Å²) in [7, 11) is 0. The number of nitrogens with zero attached hydrogens (tertiary/aromatic N) is 1. The molecule has 0 fully saturated rings. The van der Waals surface area contributed by atoms with E-state index in [0.717, 1.165) is 17.5 Å². The summed E-state index contributed by atoms with van der Waals surface area (Å²) in [6.45, 7) is 4.11. The van der Waals surface area contributed by atoms with Gasteiger partial charge < -0.3 is 10.2 Å². The molecule has 0 unspecified atom stereocenters. The van der Waals surface area contributed by atoms with Crippen molar-refractivity contribution in [2.75, 3.05) is 5.75 Å². The Morgan fingerprint density at radius 3 is 2.24 bits per heavy atom. The molecule has 0 radical (unpaired) electrons. The zero-order chi connectivity index (χ0) is 27.7. The number of halogens is 4. The Hall–Kier alpha value is -1.89. The van der Waals surface area contributed by atoms with Crippen molar-refractivity contribution in [3.8, 4) is 0 Å². The van der Waals surface area contributed by atoms with Crippen LogP contribution < -0.4 is 5.32 Å². The minimum atomic E-state index is -0.741. The van der Waals surface area contributed by atoms with Gasteiger partial charge in [0.1, 0.15) is 6.04 Å². The molecule has 0 spiro atoms. The van der Waals surface area contributed by atoms with Crippen LogP contribution in [-0.2, 0) is 28.3 Å². The van der Waals surface area contributed by atoms with Gasteiger partial charge in [-0.1, -0.05) is 95.8 Å². The molecule has 4 nitrogen and oxygen atoms in total. The van der Waals surface area contributed by atoms with Crippen molar-refractivity contribution < 1.29 is 9.59 Å². The van der Waals surface area contributed by atoms with E-state index < -0.39 is 6.04 Å². The molecule has 0 saturated heterocycles. The van der Waals surface area contributed by atoms with Crippen LogP contribution in [0.15, 0.2) is 66.7 Å². The number of hydrogen-bond acceptors (Lipinski definition) is 3. The number of rotatable bonds is 12. The van der Waals surface area contributed by atoms with E-state index >= 15 is 0 Å². The highest BCUT2D eigenvalue weighted by atomic mass is 35.5. The predicted molar refractivity (Wildman–Crippen MR) is 161 cm³/mol. The van der Waals surface area contributed by atoms with E-state index in [0.29, 0.717) is 37.8 Å². The summed E-state index contributed by atoms with van der Waals surface area (Å²) in [5.41, 5.74) is 2.43. The molecule has 9 heteroatoms. The minimum absolute atomic E-state index is 0.0337. The molecule has 2 amide bonds. The van der Waals surface area contributed by atoms with Gasteiger partial charge in [-0.05, 0) is 54.3 Å².